The van der Waals surface area contributed by atoms with Crippen molar-refractivity contribution in [3.05, 3.63) is 52.8 Å². The Kier molecular flexibility index (Phi) is 3.53. The Morgan fingerprint density at radius 1 is 1.35 bits per heavy atom. The van der Waals surface area contributed by atoms with Crippen LogP contribution in [0.3, 0.4) is 0 Å². The quantitative estimate of drug-likeness (QED) is 0.744. The van der Waals surface area contributed by atoms with E-state index in [1.807, 2.05) is 53.0 Å². The van der Waals surface area contributed by atoms with Crippen molar-refractivity contribution in [1.82, 2.24) is 19.2 Å². The Labute approximate surface area is 133 Å². The molecule has 23 heavy (non-hydrogen) atoms. The van der Waals surface area contributed by atoms with E-state index in [4.69, 9.17) is 4.42 Å². The Morgan fingerprint density at radius 2 is 2.22 bits per heavy atom. The van der Waals surface area contributed by atoms with Gasteiger partial charge in [-0.3, -0.25) is 14.1 Å². The second-order valence-electron chi connectivity index (χ2n) is 6.26. The van der Waals surface area contributed by atoms with E-state index in [0.29, 0.717) is 5.58 Å². The van der Waals surface area contributed by atoms with Gasteiger partial charge in [0, 0.05) is 31.9 Å². The van der Waals surface area contributed by atoms with Gasteiger partial charge < -0.3 is 4.42 Å². The number of piperidine rings is 1. The fourth-order valence-corrected chi connectivity index (χ4v) is 3.53. The van der Waals surface area contributed by atoms with Crippen LogP contribution in [-0.4, -0.2) is 32.3 Å². The molecule has 2 aromatic heterocycles. The second-order valence-corrected chi connectivity index (χ2v) is 6.26. The molecule has 120 valence electrons. The van der Waals surface area contributed by atoms with Crippen molar-refractivity contribution in [2.75, 3.05) is 13.1 Å². The zero-order valence-corrected chi connectivity index (χ0v) is 13.2. The lowest BCUT2D eigenvalue weighted by molar-refractivity contribution is 0.168. The van der Waals surface area contributed by atoms with Gasteiger partial charge in [0.15, 0.2) is 5.58 Å². The highest BCUT2D eigenvalue weighted by Gasteiger charge is 2.25. The number of benzene rings is 1. The normalized spacial score (nSPS) is 19.4. The van der Waals surface area contributed by atoms with Gasteiger partial charge in [-0.2, -0.15) is 5.10 Å². The monoisotopic (exact) mass is 312 g/mol. The van der Waals surface area contributed by atoms with Crippen LogP contribution in [0.4, 0.5) is 0 Å². The zero-order valence-electron chi connectivity index (χ0n) is 13.2. The predicted molar refractivity (Wildman–Crippen MR) is 87.2 cm³/mol. The van der Waals surface area contributed by atoms with Crippen LogP contribution in [-0.2, 0) is 13.6 Å². The van der Waals surface area contributed by atoms with Crippen LogP contribution < -0.4 is 5.76 Å². The average Bonchev–Trinajstić information content (AvgIpc) is 3.09. The Bertz CT molecular complexity index is 876. The molecule has 3 aromatic rings. The molecule has 0 N–H and O–H groups in total. The van der Waals surface area contributed by atoms with Crippen molar-refractivity contribution in [3.63, 3.8) is 0 Å². The van der Waals surface area contributed by atoms with Gasteiger partial charge in [0.2, 0.25) is 0 Å². The number of aromatic nitrogens is 3. The molecule has 0 saturated carbocycles. The largest absolute Gasteiger partial charge is 0.420 e. The van der Waals surface area contributed by atoms with Crippen molar-refractivity contribution in [3.8, 4) is 0 Å². The molecule has 0 radical (unpaired) electrons. The number of hydrogen-bond donors (Lipinski definition) is 0. The van der Waals surface area contributed by atoms with Crippen LogP contribution in [0.25, 0.3) is 11.1 Å². The van der Waals surface area contributed by atoms with Gasteiger partial charge in [-0.1, -0.05) is 12.1 Å². The molecule has 0 amide bonds. The Balaban J connectivity index is 1.59. The summed E-state index contributed by atoms with van der Waals surface area (Å²) >= 11 is 0. The molecule has 6 nitrogen and oxygen atoms in total. The minimum absolute atomic E-state index is 0.163. The van der Waals surface area contributed by atoms with E-state index >= 15 is 0 Å². The number of rotatable bonds is 3. The summed E-state index contributed by atoms with van der Waals surface area (Å²) in [6.07, 6.45) is 6.04. The molecular formula is C17H20N4O2. The van der Waals surface area contributed by atoms with Crippen molar-refractivity contribution in [2.24, 2.45) is 7.05 Å². The first kappa shape index (κ1) is 14.3. The van der Waals surface area contributed by atoms with Crippen molar-refractivity contribution < 1.29 is 4.42 Å². The van der Waals surface area contributed by atoms with E-state index in [0.717, 1.165) is 38.0 Å². The van der Waals surface area contributed by atoms with Gasteiger partial charge in [0.25, 0.3) is 0 Å². The SMILES string of the molecule is Cn1cc(CN2CCC[C@H](n3c(=O)oc4ccccc43)C2)cn1. The number of nitrogens with zero attached hydrogens (tertiary/aromatic N) is 4. The van der Waals surface area contributed by atoms with Crippen molar-refractivity contribution in [1.29, 1.82) is 0 Å². The van der Waals surface area contributed by atoms with Crippen LogP contribution in [0.1, 0.15) is 24.4 Å². The third kappa shape index (κ3) is 2.70. The van der Waals surface area contributed by atoms with Crippen LogP contribution in [0.5, 0.6) is 0 Å². The van der Waals surface area contributed by atoms with Crippen LogP contribution in [0, 0.1) is 0 Å². The number of aryl methyl sites for hydroxylation is 1. The molecule has 0 unspecified atom stereocenters. The standard InChI is InChI=1S/C17H20N4O2/c1-19-10-13(9-18-19)11-20-8-4-5-14(12-20)21-15-6-2-3-7-16(15)23-17(21)22/h2-3,6-7,9-10,14H,4-5,8,11-12H2,1H3/t14-/m0/s1. The summed E-state index contributed by atoms with van der Waals surface area (Å²) in [4.78, 5) is 14.7. The first-order valence-corrected chi connectivity index (χ1v) is 8.00. The fraction of sp³-hybridized carbons (Fsp3) is 0.412. The van der Waals surface area contributed by atoms with Crippen molar-refractivity contribution >= 4 is 11.1 Å². The second kappa shape index (κ2) is 5.70. The summed E-state index contributed by atoms with van der Waals surface area (Å²) in [5, 5.41) is 4.23. The summed E-state index contributed by atoms with van der Waals surface area (Å²) in [5.74, 6) is -0.251. The fourth-order valence-electron chi connectivity index (χ4n) is 3.53. The smallest absolute Gasteiger partial charge is 0.408 e. The summed E-state index contributed by atoms with van der Waals surface area (Å²) in [5.41, 5.74) is 2.77. The van der Waals surface area contributed by atoms with Gasteiger partial charge in [-0.15, -0.1) is 0 Å². The van der Waals surface area contributed by atoms with E-state index in [1.165, 1.54) is 5.56 Å². The maximum atomic E-state index is 12.3. The first-order valence-electron chi connectivity index (χ1n) is 8.00. The van der Waals surface area contributed by atoms with Gasteiger partial charge >= 0.3 is 5.76 Å². The van der Waals surface area contributed by atoms with E-state index < -0.39 is 0 Å². The molecule has 6 heteroatoms. The summed E-state index contributed by atoms with van der Waals surface area (Å²) in [6, 6.07) is 7.82. The molecule has 0 spiro atoms. The lowest BCUT2D eigenvalue weighted by Gasteiger charge is -2.32. The lowest BCUT2D eigenvalue weighted by atomic mass is 10.0. The van der Waals surface area contributed by atoms with Crippen LogP contribution >= 0.6 is 0 Å². The van der Waals surface area contributed by atoms with Gasteiger partial charge in [-0.25, -0.2) is 4.79 Å². The predicted octanol–water partition coefficient (Wildman–Crippen LogP) is 2.17. The zero-order chi connectivity index (χ0) is 15.8. The number of hydrogen-bond acceptors (Lipinski definition) is 4. The number of para-hydroxylation sites is 2. The third-order valence-corrected chi connectivity index (χ3v) is 4.53. The number of fused-ring (bicyclic) bond motifs is 1. The third-order valence-electron chi connectivity index (χ3n) is 4.53. The van der Waals surface area contributed by atoms with Gasteiger partial charge in [0.05, 0.1) is 17.8 Å². The molecule has 1 aliphatic heterocycles. The first-order chi connectivity index (χ1) is 11.2. The van der Waals surface area contributed by atoms with E-state index in [-0.39, 0.29) is 11.8 Å². The highest BCUT2D eigenvalue weighted by molar-refractivity contribution is 5.72. The minimum Gasteiger partial charge on any atom is -0.408 e. The van der Waals surface area contributed by atoms with Crippen LogP contribution in [0.2, 0.25) is 0 Å². The maximum absolute atomic E-state index is 12.3. The maximum Gasteiger partial charge on any atom is 0.420 e. The molecule has 1 fully saturated rings. The minimum atomic E-state index is -0.251. The summed E-state index contributed by atoms with van der Waals surface area (Å²) in [7, 11) is 1.93. The van der Waals surface area contributed by atoms with E-state index in [1.54, 1.807) is 0 Å². The Hall–Kier alpha value is -2.34. The highest BCUT2D eigenvalue weighted by Crippen LogP contribution is 2.25. The molecule has 4 rings (SSSR count). The molecule has 1 aliphatic rings. The number of oxazole rings is 1. The molecule has 0 aliphatic carbocycles. The van der Waals surface area contributed by atoms with E-state index in [2.05, 4.69) is 10.00 Å². The highest BCUT2D eigenvalue weighted by atomic mass is 16.4. The molecule has 1 aromatic carbocycles. The van der Waals surface area contributed by atoms with Crippen molar-refractivity contribution in [2.45, 2.75) is 25.4 Å². The Morgan fingerprint density at radius 3 is 3.04 bits per heavy atom. The van der Waals surface area contributed by atoms with Gasteiger partial charge in [-0.05, 0) is 31.5 Å². The van der Waals surface area contributed by atoms with Crippen LogP contribution in [0.15, 0.2) is 45.9 Å². The molecule has 3 heterocycles. The molecule has 1 atom stereocenters. The van der Waals surface area contributed by atoms with Gasteiger partial charge in [0.1, 0.15) is 0 Å². The molecule has 0 bridgehead atoms. The summed E-state index contributed by atoms with van der Waals surface area (Å²) < 4.78 is 9.03. The average molecular weight is 312 g/mol. The summed E-state index contributed by atoms with van der Waals surface area (Å²) in [6.45, 7) is 2.78. The molecular weight excluding hydrogens is 292 g/mol. The topological polar surface area (TPSA) is 56.2 Å². The van der Waals surface area contributed by atoms with E-state index in [9.17, 15) is 4.79 Å². The molecule has 1 saturated heterocycles. The lowest BCUT2D eigenvalue weighted by Crippen LogP contribution is -2.38. The number of likely N-dealkylation sites (tertiary alicyclic amines) is 1.